The molecule has 0 heterocycles. The lowest BCUT2D eigenvalue weighted by atomic mass is 9.75. The van der Waals surface area contributed by atoms with Crippen LogP contribution in [0.15, 0.2) is 249 Å². The molecular weight excluding hydrogens is 1330 g/mol. The van der Waals surface area contributed by atoms with Crippen LogP contribution in [0.1, 0.15) is 201 Å². The molecule has 0 aromatic heterocycles. The Bertz CT molecular complexity index is 4680. The van der Waals surface area contributed by atoms with Crippen LogP contribution in [-0.4, -0.2) is 0 Å². The molecule has 0 N–H and O–H groups in total. The van der Waals surface area contributed by atoms with Crippen molar-refractivity contribution in [3.05, 3.63) is 421 Å². The highest BCUT2D eigenvalue weighted by molar-refractivity contribution is 5.69. The van der Waals surface area contributed by atoms with Crippen LogP contribution in [0.3, 0.4) is 0 Å². The fourth-order valence-corrected chi connectivity index (χ4v) is 12.7. The summed E-state index contributed by atoms with van der Waals surface area (Å²) in [5.74, 6) is 0. The molecule has 0 aliphatic heterocycles. The van der Waals surface area contributed by atoms with E-state index in [2.05, 4.69) is 450 Å². The Hall–Kier alpha value is -10.1. The van der Waals surface area contributed by atoms with Gasteiger partial charge in [-0.25, -0.2) is 0 Å². The van der Waals surface area contributed by atoms with Gasteiger partial charge in [-0.05, 0) is 349 Å². The van der Waals surface area contributed by atoms with Crippen molar-refractivity contribution in [2.45, 2.75) is 227 Å². The molecule has 0 spiro atoms. The zero-order valence-electron chi connectivity index (χ0n) is 72.4. The smallest absolute Gasteiger partial charge is 0.0146 e. The van der Waals surface area contributed by atoms with E-state index in [1.165, 1.54) is 206 Å². The van der Waals surface area contributed by atoms with Crippen LogP contribution >= 0.6 is 0 Å². The second kappa shape index (κ2) is 44.0. The fraction of sp³-hybridized carbons (Fsp3) is 0.297. The Morgan fingerprint density at radius 3 is 0.622 bits per heavy atom. The van der Waals surface area contributed by atoms with Gasteiger partial charge in [0.1, 0.15) is 0 Å². The number of hydrogen-bond donors (Lipinski definition) is 0. The van der Waals surface area contributed by atoms with Crippen molar-refractivity contribution in [1.82, 2.24) is 0 Å². The maximum absolute atomic E-state index is 2.35. The SMILES string of the molecule is C.C.Cc1cc(-c2cc(C)c(C)c(C)c2)cc(C)c1C.Cc1cc(C(C)(C)c2cc(C)c(C)c(C)c2)cc(C)c1C.Cc1ccc(-c2ccc(C)c(C)c2)cc1C.Cc1ccc(-c2ccc(C)cc2)cc1.Cc1ccc(C)c(C)c1.Cc1ccc(C)cc1.Cc1ccc(Cc2ccc(C)cc2)cc1.Cc1cccc(C)c1. The molecule has 111 heavy (non-hydrogen) atoms. The summed E-state index contributed by atoms with van der Waals surface area (Å²) in [6.07, 6.45) is 1.03. The standard InChI is InChI=1S/C21H28.C18H22.C16H18.C15H16.C14H14.C9H12.2C8H10.2CH4/c1-13-9-19(10-14(2)17(13)5)21(7,8)20-11-15(3)18(6)16(4)12-20;1-11-7-17(8-12(2)15(11)5)18-9-13(3)16(6)14(4)10-18;1-11-5-7-15(9-13(11)3)16-8-6-12(2)14(4)10-16;1-12-3-7-14(8-4-12)11-15-9-5-13(2)6-10-15;1-11-3-7-13(8-4-11)14-9-5-12(2)6-10-14;1-7-4-5-8(2)9(3)6-7;1-7-3-5-8(2)6-4-7;1-7-4-3-5-8(2)6-7;;/h9-12H,1-8H3;7-10H,1-6H3;5-10H,1-4H3;3-10H,11H2,1-2H3;3-10H,1-2H3;4-6H,1-3H3;2*3-6H,1-2H3;2*1H4. The second-order valence-electron chi connectivity index (χ2n) is 31.9. The summed E-state index contributed by atoms with van der Waals surface area (Å²) in [5, 5.41) is 0. The molecular formula is C111H138. The van der Waals surface area contributed by atoms with Gasteiger partial charge in [-0.3, -0.25) is 0 Å². The molecule has 0 amide bonds. The van der Waals surface area contributed by atoms with Crippen molar-refractivity contribution in [3.8, 4) is 33.4 Å². The highest BCUT2D eigenvalue weighted by Crippen LogP contribution is 2.36. The summed E-state index contributed by atoms with van der Waals surface area (Å²) < 4.78 is 0. The van der Waals surface area contributed by atoms with Crippen molar-refractivity contribution in [1.29, 1.82) is 0 Å². The van der Waals surface area contributed by atoms with Gasteiger partial charge in [-0.15, -0.1) is 0 Å². The average molecular weight is 1470 g/mol. The van der Waals surface area contributed by atoms with Crippen LogP contribution in [0.4, 0.5) is 0 Å². The topological polar surface area (TPSA) is 0 Å². The van der Waals surface area contributed by atoms with E-state index in [-0.39, 0.29) is 20.3 Å². The molecule has 0 radical (unpaired) electrons. The van der Waals surface area contributed by atoms with Crippen molar-refractivity contribution < 1.29 is 0 Å². The molecule has 13 rings (SSSR count). The van der Waals surface area contributed by atoms with Gasteiger partial charge >= 0.3 is 0 Å². The molecule has 0 aliphatic rings. The molecule has 582 valence electrons. The minimum atomic E-state index is 0. The average Bonchev–Trinajstić information content (AvgIpc) is 0.782. The Kier molecular flexibility index (Phi) is 37.0. The number of aryl methyl sites for hydroxylation is 23. The minimum Gasteiger partial charge on any atom is -0.0776 e. The molecule has 0 heteroatoms. The van der Waals surface area contributed by atoms with Gasteiger partial charge < -0.3 is 0 Å². The quantitative estimate of drug-likeness (QED) is 0.149. The first-order valence-electron chi connectivity index (χ1n) is 39.2. The first kappa shape index (κ1) is 93.2. The Labute approximate surface area is 677 Å². The lowest BCUT2D eigenvalue weighted by Gasteiger charge is -2.29. The van der Waals surface area contributed by atoms with Gasteiger partial charge in [-0.1, -0.05) is 327 Å². The summed E-state index contributed by atoms with van der Waals surface area (Å²) in [7, 11) is 0. The normalized spacial score (nSPS) is 10.3. The molecule has 13 aromatic carbocycles. The summed E-state index contributed by atoms with van der Waals surface area (Å²) in [6, 6.07) is 90.1. The van der Waals surface area contributed by atoms with Gasteiger partial charge in [0.05, 0.1) is 0 Å². The monoisotopic (exact) mass is 1470 g/mol. The van der Waals surface area contributed by atoms with E-state index < -0.39 is 0 Å². The van der Waals surface area contributed by atoms with Crippen molar-refractivity contribution >= 4 is 0 Å². The molecule has 0 aliphatic carbocycles. The van der Waals surface area contributed by atoms with Crippen molar-refractivity contribution in [2.24, 2.45) is 0 Å². The first-order valence-corrected chi connectivity index (χ1v) is 39.2. The number of hydrogen-bond acceptors (Lipinski definition) is 0. The summed E-state index contributed by atoms with van der Waals surface area (Å²) in [4.78, 5) is 0. The van der Waals surface area contributed by atoms with Crippen molar-refractivity contribution in [3.63, 3.8) is 0 Å². The molecule has 13 aromatic rings. The highest BCUT2D eigenvalue weighted by Gasteiger charge is 2.25. The maximum Gasteiger partial charge on any atom is 0.0146 e. The predicted molar refractivity (Wildman–Crippen MR) is 497 cm³/mol. The third kappa shape index (κ3) is 29.2. The molecule has 0 bridgehead atoms. The minimum absolute atomic E-state index is 0. The largest absolute Gasteiger partial charge is 0.0776 e. The van der Waals surface area contributed by atoms with E-state index in [0.29, 0.717) is 0 Å². The fourth-order valence-electron chi connectivity index (χ4n) is 12.7. The molecule has 0 saturated carbocycles. The van der Waals surface area contributed by atoms with E-state index >= 15 is 0 Å². The van der Waals surface area contributed by atoms with Crippen LogP contribution < -0.4 is 0 Å². The van der Waals surface area contributed by atoms with Crippen LogP contribution in [0.2, 0.25) is 0 Å². The maximum atomic E-state index is 2.35. The molecule has 0 saturated heterocycles. The molecule has 0 fully saturated rings. The lowest BCUT2D eigenvalue weighted by Crippen LogP contribution is -2.20. The summed E-state index contributed by atoms with van der Waals surface area (Å²) in [6.45, 7) is 63.0. The second-order valence-corrected chi connectivity index (χ2v) is 31.9. The van der Waals surface area contributed by atoms with Crippen LogP contribution in [0.25, 0.3) is 33.4 Å². The molecule has 0 nitrogen and oxygen atoms in total. The zero-order valence-corrected chi connectivity index (χ0v) is 72.4. The summed E-state index contributed by atoms with van der Waals surface area (Å²) >= 11 is 0. The Morgan fingerprint density at radius 1 is 0.171 bits per heavy atom. The lowest BCUT2D eigenvalue weighted by molar-refractivity contribution is 0.637. The predicted octanol–water partition coefficient (Wildman–Crippen LogP) is 32.0. The third-order valence-electron chi connectivity index (χ3n) is 22.0. The van der Waals surface area contributed by atoms with Gasteiger partial charge in [0.15, 0.2) is 0 Å². The van der Waals surface area contributed by atoms with Crippen LogP contribution in [0, 0.1) is 187 Å². The Balaban J connectivity index is 0.000000272. The number of benzene rings is 13. The van der Waals surface area contributed by atoms with Crippen molar-refractivity contribution in [2.75, 3.05) is 0 Å². The van der Waals surface area contributed by atoms with Gasteiger partial charge in [0.25, 0.3) is 0 Å². The molecule has 0 atom stereocenters. The van der Waals surface area contributed by atoms with E-state index in [0.717, 1.165) is 6.42 Å². The first-order chi connectivity index (χ1) is 51.4. The van der Waals surface area contributed by atoms with Gasteiger partial charge in [0, 0.05) is 5.41 Å². The van der Waals surface area contributed by atoms with E-state index in [1.54, 1.807) is 0 Å². The third-order valence-corrected chi connectivity index (χ3v) is 22.0. The van der Waals surface area contributed by atoms with Crippen LogP contribution in [-0.2, 0) is 11.8 Å². The van der Waals surface area contributed by atoms with Gasteiger partial charge in [0.2, 0.25) is 0 Å². The van der Waals surface area contributed by atoms with Crippen LogP contribution in [0.5, 0.6) is 0 Å². The highest BCUT2D eigenvalue weighted by atomic mass is 14.3. The van der Waals surface area contributed by atoms with Gasteiger partial charge in [-0.2, -0.15) is 0 Å². The summed E-state index contributed by atoms with van der Waals surface area (Å²) in [5.41, 5.74) is 50.3. The molecule has 0 unspecified atom stereocenters. The Morgan fingerprint density at radius 2 is 0.378 bits per heavy atom. The number of rotatable bonds is 7. The van der Waals surface area contributed by atoms with E-state index in [4.69, 9.17) is 0 Å². The van der Waals surface area contributed by atoms with E-state index in [1.807, 2.05) is 0 Å². The zero-order chi connectivity index (χ0) is 80.6. The van der Waals surface area contributed by atoms with E-state index in [9.17, 15) is 0 Å².